The topological polar surface area (TPSA) is 68.7 Å². The molecule has 1 aliphatic rings. The van der Waals surface area contributed by atoms with Gasteiger partial charge in [-0.05, 0) is 44.2 Å². The molecule has 20 heavy (non-hydrogen) atoms. The summed E-state index contributed by atoms with van der Waals surface area (Å²) in [5.41, 5.74) is 5.44. The lowest BCUT2D eigenvalue weighted by atomic mass is 10.1. The molecule has 2 rings (SSSR count). The van der Waals surface area contributed by atoms with Crippen LogP contribution in [0.1, 0.15) is 29.8 Å². The van der Waals surface area contributed by atoms with E-state index in [4.69, 9.17) is 14.9 Å². The summed E-state index contributed by atoms with van der Waals surface area (Å²) in [6, 6.07) is 3.58. The number of carbonyl (C=O) groups excluding carboxylic acids is 1. The monoisotopic (exact) mass is 298 g/mol. The van der Waals surface area contributed by atoms with Crippen LogP contribution in [0.25, 0.3) is 0 Å². The van der Waals surface area contributed by atoms with Gasteiger partial charge >= 0.3 is 0 Å². The molecule has 1 aromatic heterocycles. The van der Waals surface area contributed by atoms with Gasteiger partial charge in [0.1, 0.15) is 0 Å². The van der Waals surface area contributed by atoms with Gasteiger partial charge < -0.3 is 19.8 Å². The van der Waals surface area contributed by atoms with Crippen LogP contribution in [0.4, 0.5) is 0 Å². The first kappa shape index (κ1) is 15.4. The summed E-state index contributed by atoms with van der Waals surface area (Å²) in [6.45, 7) is 2.82. The van der Waals surface area contributed by atoms with Crippen molar-refractivity contribution >= 4 is 17.7 Å². The number of amides is 1. The van der Waals surface area contributed by atoms with Crippen molar-refractivity contribution in [3.8, 4) is 0 Å². The van der Waals surface area contributed by atoms with Crippen molar-refractivity contribution in [1.29, 1.82) is 0 Å². The van der Waals surface area contributed by atoms with Crippen molar-refractivity contribution in [2.24, 2.45) is 5.73 Å². The number of furan rings is 1. The molecule has 2 N–H and O–H groups in total. The number of hydrogen-bond donors (Lipinski definition) is 1. The van der Waals surface area contributed by atoms with E-state index in [1.165, 1.54) is 11.8 Å². The predicted octanol–water partition coefficient (Wildman–Crippen LogP) is 1.97. The minimum Gasteiger partial charge on any atom is -0.445 e. The SMILES string of the molecule is CSc1ccc(C(=O)N2CCC(OCCCN)CC2)o1. The number of rotatable bonds is 6. The first-order chi connectivity index (χ1) is 9.74. The van der Waals surface area contributed by atoms with Gasteiger partial charge in [0, 0.05) is 19.7 Å². The normalized spacial score (nSPS) is 16.6. The van der Waals surface area contributed by atoms with Crippen molar-refractivity contribution in [3.05, 3.63) is 17.9 Å². The summed E-state index contributed by atoms with van der Waals surface area (Å²) in [7, 11) is 0. The van der Waals surface area contributed by atoms with E-state index in [0.717, 1.165) is 37.4 Å². The van der Waals surface area contributed by atoms with E-state index in [1.807, 2.05) is 17.2 Å². The summed E-state index contributed by atoms with van der Waals surface area (Å²) in [6.07, 6.45) is 4.84. The van der Waals surface area contributed by atoms with Crippen molar-refractivity contribution < 1.29 is 13.9 Å². The Balaban J connectivity index is 1.79. The van der Waals surface area contributed by atoms with Gasteiger partial charge in [-0.1, -0.05) is 11.8 Å². The van der Waals surface area contributed by atoms with Gasteiger partial charge in [0.25, 0.3) is 5.91 Å². The number of thioether (sulfide) groups is 1. The second-order valence-corrected chi connectivity index (χ2v) is 5.64. The molecule has 1 aliphatic heterocycles. The Hall–Kier alpha value is -0.980. The fraction of sp³-hybridized carbons (Fsp3) is 0.643. The Kier molecular flexibility index (Phi) is 5.94. The molecule has 5 nitrogen and oxygen atoms in total. The Morgan fingerprint density at radius 1 is 1.50 bits per heavy atom. The molecule has 0 radical (unpaired) electrons. The largest absolute Gasteiger partial charge is 0.445 e. The molecule has 0 saturated carbocycles. The minimum atomic E-state index is -0.0225. The number of nitrogens with two attached hydrogens (primary N) is 1. The van der Waals surface area contributed by atoms with Gasteiger partial charge in [0.15, 0.2) is 10.9 Å². The number of ether oxygens (including phenoxy) is 1. The standard InChI is InChI=1S/C14H22N2O3S/c1-20-13-4-3-12(19-13)14(17)16-8-5-11(6-9-16)18-10-2-7-15/h3-4,11H,2,5-10,15H2,1H3. The maximum absolute atomic E-state index is 12.3. The molecule has 1 amide bonds. The summed E-state index contributed by atoms with van der Waals surface area (Å²) in [5, 5.41) is 0.772. The molecule has 6 heteroatoms. The molecule has 2 heterocycles. The quantitative estimate of drug-likeness (QED) is 0.642. The summed E-state index contributed by atoms with van der Waals surface area (Å²) < 4.78 is 11.2. The molecule has 0 spiro atoms. The van der Waals surface area contributed by atoms with Crippen LogP contribution in [0.2, 0.25) is 0 Å². The third-order valence-corrected chi connectivity index (χ3v) is 4.05. The van der Waals surface area contributed by atoms with Gasteiger partial charge in [-0.3, -0.25) is 4.79 Å². The first-order valence-electron chi connectivity index (χ1n) is 6.99. The Morgan fingerprint density at radius 3 is 2.85 bits per heavy atom. The van der Waals surface area contributed by atoms with Gasteiger partial charge in [-0.15, -0.1) is 0 Å². The third-order valence-electron chi connectivity index (χ3n) is 3.42. The van der Waals surface area contributed by atoms with Gasteiger partial charge in [0.2, 0.25) is 0 Å². The molecular weight excluding hydrogens is 276 g/mol. The third kappa shape index (κ3) is 4.01. The molecule has 0 unspecified atom stereocenters. The molecular formula is C14H22N2O3S. The number of hydrogen-bond acceptors (Lipinski definition) is 5. The average molecular weight is 298 g/mol. The average Bonchev–Trinajstić information content (AvgIpc) is 2.96. The van der Waals surface area contributed by atoms with Crippen LogP contribution in [0.15, 0.2) is 21.6 Å². The maximum Gasteiger partial charge on any atom is 0.289 e. The Bertz CT molecular complexity index is 428. The van der Waals surface area contributed by atoms with Crippen molar-refractivity contribution in [2.75, 3.05) is 32.5 Å². The van der Waals surface area contributed by atoms with Crippen LogP contribution >= 0.6 is 11.8 Å². The zero-order chi connectivity index (χ0) is 14.4. The van der Waals surface area contributed by atoms with E-state index in [0.29, 0.717) is 18.9 Å². The second kappa shape index (κ2) is 7.71. The number of likely N-dealkylation sites (tertiary alicyclic amines) is 1. The fourth-order valence-corrected chi connectivity index (χ4v) is 2.64. The van der Waals surface area contributed by atoms with Crippen LogP contribution in [-0.2, 0) is 4.74 Å². The highest BCUT2D eigenvalue weighted by atomic mass is 32.2. The van der Waals surface area contributed by atoms with Crippen LogP contribution in [0, 0.1) is 0 Å². The van der Waals surface area contributed by atoms with Crippen LogP contribution < -0.4 is 5.73 Å². The Labute approximate surface area is 123 Å². The van der Waals surface area contributed by atoms with E-state index >= 15 is 0 Å². The summed E-state index contributed by atoms with van der Waals surface area (Å²) in [4.78, 5) is 14.1. The van der Waals surface area contributed by atoms with Gasteiger partial charge in [0.05, 0.1) is 6.10 Å². The molecule has 1 fully saturated rings. The summed E-state index contributed by atoms with van der Waals surface area (Å²) in [5.74, 6) is 0.405. The lowest BCUT2D eigenvalue weighted by Gasteiger charge is -2.31. The van der Waals surface area contributed by atoms with E-state index in [1.54, 1.807) is 6.07 Å². The highest BCUT2D eigenvalue weighted by molar-refractivity contribution is 7.98. The van der Waals surface area contributed by atoms with E-state index < -0.39 is 0 Å². The molecule has 0 atom stereocenters. The first-order valence-corrected chi connectivity index (χ1v) is 8.22. The second-order valence-electron chi connectivity index (χ2n) is 4.83. The predicted molar refractivity (Wildman–Crippen MR) is 79.0 cm³/mol. The Morgan fingerprint density at radius 2 is 2.25 bits per heavy atom. The number of carbonyl (C=O) groups is 1. The highest BCUT2D eigenvalue weighted by Crippen LogP contribution is 2.21. The highest BCUT2D eigenvalue weighted by Gasteiger charge is 2.25. The van der Waals surface area contributed by atoms with E-state index in [-0.39, 0.29) is 12.0 Å². The maximum atomic E-state index is 12.3. The van der Waals surface area contributed by atoms with Crippen molar-refractivity contribution in [2.45, 2.75) is 30.5 Å². The van der Waals surface area contributed by atoms with Crippen LogP contribution in [-0.4, -0.2) is 49.4 Å². The molecule has 1 saturated heterocycles. The van der Waals surface area contributed by atoms with Crippen LogP contribution in [0.3, 0.4) is 0 Å². The van der Waals surface area contributed by atoms with E-state index in [2.05, 4.69) is 0 Å². The summed E-state index contributed by atoms with van der Waals surface area (Å²) >= 11 is 1.50. The smallest absolute Gasteiger partial charge is 0.289 e. The van der Waals surface area contributed by atoms with Gasteiger partial charge in [-0.25, -0.2) is 0 Å². The van der Waals surface area contributed by atoms with E-state index in [9.17, 15) is 4.79 Å². The lowest BCUT2D eigenvalue weighted by Crippen LogP contribution is -2.40. The lowest BCUT2D eigenvalue weighted by molar-refractivity contribution is 0.00752. The van der Waals surface area contributed by atoms with Crippen LogP contribution in [0.5, 0.6) is 0 Å². The molecule has 112 valence electrons. The molecule has 0 bridgehead atoms. The molecule has 0 aromatic carbocycles. The number of nitrogens with zero attached hydrogens (tertiary/aromatic N) is 1. The van der Waals surface area contributed by atoms with Gasteiger partial charge in [-0.2, -0.15) is 0 Å². The van der Waals surface area contributed by atoms with Crippen molar-refractivity contribution in [3.63, 3.8) is 0 Å². The van der Waals surface area contributed by atoms with Crippen molar-refractivity contribution in [1.82, 2.24) is 4.90 Å². The minimum absolute atomic E-state index is 0.0225. The zero-order valence-corrected chi connectivity index (χ0v) is 12.7. The number of piperidine rings is 1. The fourth-order valence-electron chi connectivity index (χ4n) is 2.26. The molecule has 1 aromatic rings. The molecule has 0 aliphatic carbocycles. The zero-order valence-electron chi connectivity index (χ0n) is 11.8.